The summed E-state index contributed by atoms with van der Waals surface area (Å²) in [6.07, 6.45) is 1.73. The predicted octanol–water partition coefficient (Wildman–Crippen LogP) is 2.15. The Bertz CT molecular complexity index is 729. The molecule has 1 N–H and O–H groups in total. The van der Waals surface area contributed by atoms with Crippen molar-refractivity contribution in [3.63, 3.8) is 0 Å². The lowest BCUT2D eigenvalue weighted by Gasteiger charge is -2.34. The number of methoxy groups -OCH3 is 1. The summed E-state index contributed by atoms with van der Waals surface area (Å²) in [7, 11) is 1.37. The lowest BCUT2D eigenvalue weighted by molar-refractivity contribution is 0.0602. The van der Waals surface area contributed by atoms with Crippen LogP contribution >= 0.6 is 0 Å². The van der Waals surface area contributed by atoms with Crippen LogP contribution in [0.25, 0.3) is 0 Å². The number of hydrogen-bond donors (Lipinski definition) is 1. The van der Waals surface area contributed by atoms with Gasteiger partial charge in [-0.25, -0.2) is 9.78 Å². The molecule has 2 heterocycles. The molecule has 0 amide bonds. The SMILES string of the molecule is CCN1CCN(c2nccc(Nc3ccccc3C(=O)OC)n2)CC1. The van der Waals surface area contributed by atoms with Crippen molar-refractivity contribution < 1.29 is 9.53 Å². The number of carbonyl (C=O) groups is 1. The third-order valence-corrected chi connectivity index (χ3v) is 4.34. The first-order chi connectivity index (χ1) is 12.2. The van der Waals surface area contributed by atoms with Crippen LogP contribution in [0.3, 0.4) is 0 Å². The number of likely N-dealkylation sites (N-methyl/N-ethyl adjacent to an activating group) is 1. The van der Waals surface area contributed by atoms with Gasteiger partial charge in [-0.15, -0.1) is 0 Å². The molecule has 1 aromatic carbocycles. The van der Waals surface area contributed by atoms with Crippen LogP contribution in [0.15, 0.2) is 36.5 Å². The molecule has 7 nitrogen and oxygen atoms in total. The molecule has 7 heteroatoms. The van der Waals surface area contributed by atoms with Gasteiger partial charge in [0.2, 0.25) is 5.95 Å². The zero-order chi connectivity index (χ0) is 17.6. The summed E-state index contributed by atoms with van der Waals surface area (Å²) in [5.74, 6) is 0.976. The van der Waals surface area contributed by atoms with E-state index in [0.717, 1.165) is 32.7 Å². The molecule has 1 aliphatic rings. The van der Waals surface area contributed by atoms with E-state index in [1.807, 2.05) is 12.1 Å². The van der Waals surface area contributed by atoms with Crippen LogP contribution in [0.4, 0.5) is 17.5 Å². The number of benzene rings is 1. The lowest BCUT2D eigenvalue weighted by Crippen LogP contribution is -2.46. The van der Waals surface area contributed by atoms with Gasteiger partial charge in [-0.2, -0.15) is 4.98 Å². The fourth-order valence-corrected chi connectivity index (χ4v) is 2.85. The minimum atomic E-state index is -0.381. The molecule has 0 spiro atoms. The Labute approximate surface area is 147 Å². The topological polar surface area (TPSA) is 70.6 Å². The van der Waals surface area contributed by atoms with E-state index in [1.165, 1.54) is 7.11 Å². The van der Waals surface area contributed by atoms with E-state index >= 15 is 0 Å². The summed E-state index contributed by atoms with van der Waals surface area (Å²) in [6.45, 7) is 7.10. The maximum atomic E-state index is 11.9. The Morgan fingerprint density at radius 2 is 1.96 bits per heavy atom. The molecule has 3 rings (SSSR count). The van der Waals surface area contributed by atoms with Crippen molar-refractivity contribution in [2.75, 3.05) is 50.1 Å². The van der Waals surface area contributed by atoms with Crippen LogP contribution in [0.2, 0.25) is 0 Å². The highest BCUT2D eigenvalue weighted by Gasteiger charge is 2.18. The Morgan fingerprint density at radius 1 is 1.20 bits per heavy atom. The van der Waals surface area contributed by atoms with E-state index < -0.39 is 0 Å². The molecule has 1 fully saturated rings. The molecule has 0 radical (unpaired) electrons. The number of hydrogen-bond acceptors (Lipinski definition) is 7. The molecule has 0 unspecified atom stereocenters. The highest BCUT2D eigenvalue weighted by atomic mass is 16.5. The number of rotatable bonds is 5. The minimum Gasteiger partial charge on any atom is -0.465 e. The lowest BCUT2D eigenvalue weighted by atomic mass is 10.2. The Hall–Kier alpha value is -2.67. The molecule has 1 aliphatic heterocycles. The quantitative estimate of drug-likeness (QED) is 0.836. The van der Waals surface area contributed by atoms with Crippen LogP contribution in [0, 0.1) is 0 Å². The minimum absolute atomic E-state index is 0.381. The third-order valence-electron chi connectivity index (χ3n) is 4.34. The summed E-state index contributed by atoms with van der Waals surface area (Å²) in [5, 5.41) is 3.20. The van der Waals surface area contributed by atoms with Gasteiger partial charge < -0.3 is 19.9 Å². The van der Waals surface area contributed by atoms with Crippen LogP contribution in [-0.2, 0) is 4.74 Å². The van der Waals surface area contributed by atoms with Crippen LogP contribution < -0.4 is 10.2 Å². The summed E-state index contributed by atoms with van der Waals surface area (Å²) in [4.78, 5) is 25.5. The van der Waals surface area contributed by atoms with Crippen molar-refractivity contribution >= 4 is 23.4 Å². The van der Waals surface area contributed by atoms with Crippen LogP contribution in [0.5, 0.6) is 0 Å². The van der Waals surface area contributed by atoms with Gasteiger partial charge in [0, 0.05) is 32.4 Å². The van der Waals surface area contributed by atoms with Gasteiger partial charge >= 0.3 is 5.97 Å². The first-order valence-corrected chi connectivity index (χ1v) is 8.46. The van der Waals surface area contributed by atoms with E-state index in [1.54, 1.807) is 24.4 Å². The molecule has 25 heavy (non-hydrogen) atoms. The fourth-order valence-electron chi connectivity index (χ4n) is 2.85. The monoisotopic (exact) mass is 341 g/mol. The summed E-state index contributed by atoms with van der Waals surface area (Å²) < 4.78 is 4.83. The number of ether oxygens (including phenoxy) is 1. The van der Waals surface area contributed by atoms with Crippen LogP contribution in [0.1, 0.15) is 17.3 Å². The van der Waals surface area contributed by atoms with Crippen molar-refractivity contribution in [2.24, 2.45) is 0 Å². The normalized spacial score (nSPS) is 15.0. The molecule has 1 aromatic heterocycles. The van der Waals surface area contributed by atoms with Gasteiger partial charge in [0.15, 0.2) is 0 Å². The number of anilines is 3. The van der Waals surface area contributed by atoms with Crippen LogP contribution in [-0.4, -0.2) is 60.7 Å². The maximum absolute atomic E-state index is 11.9. The molecule has 1 saturated heterocycles. The van der Waals surface area contributed by atoms with Crippen molar-refractivity contribution in [1.29, 1.82) is 0 Å². The van der Waals surface area contributed by atoms with Gasteiger partial charge in [0.25, 0.3) is 0 Å². The smallest absolute Gasteiger partial charge is 0.339 e. The maximum Gasteiger partial charge on any atom is 0.339 e. The third kappa shape index (κ3) is 4.06. The average molecular weight is 341 g/mol. The van der Waals surface area contributed by atoms with Gasteiger partial charge in [0.1, 0.15) is 5.82 Å². The molecule has 0 aliphatic carbocycles. The second-order valence-electron chi connectivity index (χ2n) is 5.83. The number of aromatic nitrogens is 2. The number of para-hydroxylation sites is 1. The average Bonchev–Trinajstić information content (AvgIpc) is 2.68. The zero-order valence-corrected chi connectivity index (χ0v) is 14.6. The van der Waals surface area contributed by atoms with E-state index in [9.17, 15) is 4.79 Å². The first-order valence-electron chi connectivity index (χ1n) is 8.46. The number of nitrogens with zero attached hydrogens (tertiary/aromatic N) is 4. The van der Waals surface area contributed by atoms with E-state index in [4.69, 9.17) is 4.74 Å². The molecular formula is C18H23N5O2. The highest BCUT2D eigenvalue weighted by Crippen LogP contribution is 2.21. The Balaban J connectivity index is 1.76. The van der Waals surface area contributed by atoms with Gasteiger partial charge in [0.05, 0.1) is 18.4 Å². The standard InChI is InChI=1S/C18H23N5O2/c1-3-22-10-12-23(13-11-22)18-19-9-8-16(21-18)20-15-7-5-4-6-14(15)17(24)25-2/h4-9H,3,10-13H2,1-2H3,(H,19,20,21). The van der Waals surface area contributed by atoms with Crippen molar-refractivity contribution in [1.82, 2.24) is 14.9 Å². The first kappa shape index (κ1) is 17.2. The van der Waals surface area contributed by atoms with E-state index in [0.29, 0.717) is 23.0 Å². The molecule has 2 aromatic rings. The van der Waals surface area contributed by atoms with Crippen molar-refractivity contribution in [2.45, 2.75) is 6.92 Å². The van der Waals surface area contributed by atoms with Crippen molar-refractivity contribution in [3.05, 3.63) is 42.1 Å². The van der Waals surface area contributed by atoms with Crippen molar-refractivity contribution in [3.8, 4) is 0 Å². The molecule has 132 valence electrons. The number of piperazine rings is 1. The largest absolute Gasteiger partial charge is 0.465 e. The molecular weight excluding hydrogens is 318 g/mol. The van der Waals surface area contributed by atoms with E-state index in [2.05, 4.69) is 32.0 Å². The Kier molecular flexibility index (Phi) is 5.45. The second kappa shape index (κ2) is 7.94. The summed E-state index contributed by atoms with van der Waals surface area (Å²) in [6, 6.07) is 9.01. The fraction of sp³-hybridized carbons (Fsp3) is 0.389. The Morgan fingerprint density at radius 3 is 2.68 bits per heavy atom. The zero-order valence-electron chi connectivity index (χ0n) is 14.6. The van der Waals surface area contributed by atoms with Gasteiger partial charge in [-0.1, -0.05) is 19.1 Å². The predicted molar refractivity (Wildman–Crippen MR) is 97.4 cm³/mol. The number of esters is 1. The van der Waals surface area contributed by atoms with Gasteiger partial charge in [-0.05, 0) is 24.7 Å². The highest BCUT2D eigenvalue weighted by molar-refractivity contribution is 5.96. The second-order valence-corrected chi connectivity index (χ2v) is 5.83. The molecule has 0 atom stereocenters. The van der Waals surface area contributed by atoms with Gasteiger partial charge in [-0.3, -0.25) is 0 Å². The molecule has 0 bridgehead atoms. The van der Waals surface area contributed by atoms with E-state index in [-0.39, 0.29) is 5.97 Å². The number of carbonyl (C=O) groups excluding carboxylic acids is 1. The summed E-state index contributed by atoms with van der Waals surface area (Å²) in [5.41, 5.74) is 1.14. The molecule has 0 saturated carbocycles. The number of nitrogens with one attached hydrogen (secondary N) is 1. The summed E-state index contributed by atoms with van der Waals surface area (Å²) >= 11 is 0.